The molecule has 2 N–H and O–H groups in total. The molecule has 0 fully saturated rings. The first-order valence-electron chi connectivity index (χ1n) is 5.27. The molecule has 6 heteroatoms. The highest BCUT2D eigenvalue weighted by Crippen LogP contribution is 2.19. The normalized spacial score (nSPS) is 12.2. The van der Waals surface area contributed by atoms with Crippen molar-refractivity contribution in [1.29, 1.82) is 0 Å². The van der Waals surface area contributed by atoms with Gasteiger partial charge in [0, 0.05) is 18.9 Å². The molecule has 1 rings (SSSR count). The Balaban J connectivity index is 2.75. The number of rotatable bonds is 5. The van der Waals surface area contributed by atoms with E-state index in [9.17, 15) is 18.4 Å². The minimum Gasteiger partial charge on any atom is -0.480 e. The number of alkyl halides is 2. The van der Waals surface area contributed by atoms with Crippen molar-refractivity contribution in [3.8, 4) is 0 Å². The van der Waals surface area contributed by atoms with Gasteiger partial charge in [0.15, 0.2) is 0 Å². The monoisotopic (exact) mass is 257 g/mol. The Morgan fingerprint density at radius 2 is 1.83 bits per heavy atom. The van der Waals surface area contributed by atoms with Crippen LogP contribution in [0.4, 0.5) is 8.78 Å². The minimum atomic E-state index is -2.55. The van der Waals surface area contributed by atoms with Crippen molar-refractivity contribution in [3.05, 3.63) is 35.4 Å². The van der Waals surface area contributed by atoms with Crippen molar-refractivity contribution in [2.45, 2.75) is 25.8 Å². The molecular weight excluding hydrogens is 244 g/mol. The van der Waals surface area contributed by atoms with Gasteiger partial charge in [-0.15, -0.1) is 0 Å². The van der Waals surface area contributed by atoms with Crippen LogP contribution in [-0.4, -0.2) is 23.0 Å². The second-order valence-electron chi connectivity index (χ2n) is 3.84. The number of carbonyl (C=O) groups is 2. The fraction of sp³-hybridized carbons (Fsp3) is 0.333. The quantitative estimate of drug-likeness (QED) is 0.844. The molecule has 18 heavy (non-hydrogen) atoms. The number of benzene rings is 1. The zero-order valence-electron chi connectivity index (χ0n) is 9.69. The Morgan fingerprint density at radius 3 is 2.22 bits per heavy atom. The van der Waals surface area contributed by atoms with Crippen LogP contribution in [0.3, 0.4) is 0 Å². The lowest BCUT2D eigenvalue weighted by atomic mass is 10.0. The summed E-state index contributed by atoms with van der Waals surface area (Å²) in [5, 5.41) is 11.2. The van der Waals surface area contributed by atoms with E-state index in [4.69, 9.17) is 5.11 Å². The molecule has 0 aromatic heterocycles. The molecule has 0 aliphatic carbocycles. The van der Waals surface area contributed by atoms with Crippen LogP contribution >= 0.6 is 0 Å². The SMILES string of the molecule is CC(=O)NC(Cc1ccc(C(F)F)cc1)C(=O)O. The molecule has 1 unspecified atom stereocenters. The maximum Gasteiger partial charge on any atom is 0.326 e. The van der Waals surface area contributed by atoms with E-state index in [0.29, 0.717) is 5.56 Å². The Labute approximate surface area is 103 Å². The Hall–Kier alpha value is -1.98. The fourth-order valence-corrected chi connectivity index (χ4v) is 1.48. The number of carbonyl (C=O) groups excluding carboxylic acids is 1. The highest BCUT2D eigenvalue weighted by atomic mass is 19.3. The van der Waals surface area contributed by atoms with E-state index in [-0.39, 0.29) is 12.0 Å². The third kappa shape index (κ3) is 4.12. The lowest BCUT2D eigenvalue weighted by Gasteiger charge is -2.13. The van der Waals surface area contributed by atoms with Gasteiger partial charge in [-0.2, -0.15) is 0 Å². The van der Waals surface area contributed by atoms with Crippen molar-refractivity contribution < 1.29 is 23.5 Å². The predicted molar refractivity (Wildman–Crippen MR) is 60.3 cm³/mol. The third-order valence-electron chi connectivity index (χ3n) is 2.35. The van der Waals surface area contributed by atoms with Gasteiger partial charge in [-0.3, -0.25) is 4.79 Å². The van der Waals surface area contributed by atoms with E-state index >= 15 is 0 Å². The topological polar surface area (TPSA) is 66.4 Å². The van der Waals surface area contributed by atoms with Crippen LogP contribution in [0.15, 0.2) is 24.3 Å². The van der Waals surface area contributed by atoms with Gasteiger partial charge >= 0.3 is 5.97 Å². The van der Waals surface area contributed by atoms with Crippen LogP contribution in [0.2, 0.25) is 0 Å². The summed E-state index contributed by atoms with van der Waals surface area (Å²) in [6.45, 7) is 1.22. The summed E-state index contributed by atoms with van der Waals surface area (Å²) in [5.74, 6) is -1.62. The number of hydrogen-bond acceptors (Lipinski definition) is 2. The molecule has 0 saturated heterocycles. The van der Waals surface area contributed by atoms with Gasteiger partial charge < -0.3 is 10.4 Å². The van der Waals surface area contributed by atoms with Crippen molar-refractivity contribution in [3.63, 3.8) is 0 Å². The maximum atomic E-state index is 12.3. The Kier molecular flexibility index (Phi) is 4.76. The molecule has 1 amide bonds. The number of nitrogens with one attached hydrogen (secondary N) is 1. The summed E-state index contributed by atoms with van der Waals surface area (Å²) in [6, 6.07) is 4.29. The molecule has 4 nitrogen and oxygen atoms in total. The molecule has 1 atom stereocenters. The molecular formula is C12H13F2NO3. The first-order chi connectivity index (χ1) is 8.40. The molecule has 1 aromatic rings. The molecule has 0 heterocycles. The van der Waals surface area contributed by atoms with Crippen LogP contribution in [0.1, 0.15) is 24.5 Å². The lowest BCUT2D eigenvalue weighted by Crippen LogP contribution is -2.41. The van der Waals surface area contributed by atoms with Gasteiger partial charge in [0.25, 0.3) is 6.43 Å². The number of halogens is 2. The van der Waals surface area contributed by atoms with Crippen molar-refractivity contribution in [2.24, 2.45) is 0 Å². The van der Waals surface area contributed by atoms with E-state index in [0.717, 1.165) is 0 Å². The second-order valence-corrected chi connectivity index (χ2v) is 3.84. The van der Waals surface area contributed by atoms with E-state index in [1.165, 1.54) is 31.2 Å². The molecule has 1 aromatic carbocycles. The Bertz CT molecular complexity index is 431. The van der Waals surface area contributed by atoms with E-state index in [1.807, 2.05) is 0 Å². The van der Waals surface area contributed by atoms with Crippen molar-refractivity contribution in [2.75, 3.05) is 0 Å². The van der Waals surface area contributed by atoms with Gasteiger partial charge in [-0.1, -0.05) is 24.3 Å². The lowest BCUT2D eigenvalue weighted by molar-refractivity contribution is -0.141. The van der Waals surface area contributed by atoms with Gasteiger partial charge in [0.1, 0.15) is 6.04 Å². The van der Waals surface area contributed by atoms with Crippen molar-refractivity contribution in [1.82, 2.24) is 5.32 Å². The minimum absolute atomic E-state index is 0.0540. The highest BCUT2D eigenvalue weighted by molar-refractivity contribution is 5.82. The molecule has 0 spiro atoms. The molecule has 0 aliphatic heterocycles. The highest BCUT2D eigenvalue weighted by Gasteiger charge is 2.18. The summed E-state index contributed by atoms with van der Waals surface area (Å²) in [6.07, 6.45) is -2.50. The first-order valence-corrected chi connectivity index (χ1v) is 5.27. The Morgan fingerprint density at radius 1 is 1.28 bits per heavy atom. The number of aliphatic carboxylic acids is 1. The standard InChI is InChI=1S/C12H13F2NO3/c1-7(16)15-10(12(17)18)6-8-2-4-9(5-3-8)11(13)14/h2-5,10-11H,6H2,1H3,(H,15,16)(H,17,18). The number of hydrogen-bond donors (Lipinski definition) is 2. The molecule has 0 saturated carbocycles. The number of carboxylic acid groups (broad SMARTS) is 1. The average molecular weight is 257 g/mol. The summed E-state index contributed by atoms with van der Waals surface area (Å²) < 4.78 is 24.6. The largest absolute Gasteiger partial charge is 0.480 e. The third-order valence-corrected chi connectivity index (χ3v) is 2.35. The van der Waals surface area contributed by atoms with Crippen LogP contribution in [0.5, 0.6) is 0 Å². The van der Waals surface area contributed by atoms with Crippen LogP contribution in [0, 0.1) is 0 Å². The second kappa shape index (κ2) is 6.09. The maximum absolute atomic E-state index is 12.3. The molecule has 98 valence electrons. The van der Waals surface area contributed by atoms with E-state index in [1.54, 1.807) is 0 Å². The first kappa shape index (κ1) is 14.1. The van der Waals surface area contributed by atoms with E-state index < -0.39 is 24.3 Å². The average Bonchev–Trinajstić information content (AvgIpc) is 2.28. The van der Waals surface area contributed by atoms with Gasteiger partial charge in [0.2, 0.25) is 5.91 Å². The summed E-state index contributed by atoms with van der Waals surface area (Å²) in [5.41, 5.74) is 0.450. The predicted octanol–water partition coefficient (Wildman–Crippen LogP) is 1.76. The summed E-state index contributed by atoms with van der Waals surface area (Å²) in [4.78, 5) is 21.7. The zero-order valence-corrected chi connectivity index (χ0v) is 9.69. The van der Waals surface area contributed by atoms with Crippen molar-refractivity contribution >= 4 is 11.9 Å². The van der Waals surface area contributed by atoms with Gasteiger partial charge in [0.05, 0.1) is 0 Å². The molecule has 0 bridgehead atoms. The van der Waals surface area contributed by atoms with Gasteiger partial charge in [-0.05, 0) is 5.56 Å². The molecule has 0 radical (unpaired) electrons. The van der Waals surface area contributed by atoms with E-state index in [2.05, 4.69) is 5.32 Å². The molecule has 0 aliphatic rings. The van der Waals surface area contributed by atoms with Crippen LogP contribution in [0.25, 0.3) is 0 Å². The van der Waals surface area contributed by atoms with Crippen LogP contribution in [-0.2, 0) is 16.0 Å². The smallest absolute Gasteiger partial charge is 0.326 e. The summed E-state index contributed by atoms with van der Waals surface area (Å²) in [7, 11) is 0. The summed E-state index contributed by atoms with van der Waals surface area (Å²) >= 11 is 0. The number of carboxylic acids is 1. The van der Waals surface area contributed by atoms with Gasteiger partial charge in [-0.25, -0.2) is 13.6 Å². The number of amides is 1. The fourth-order valence-electron chi connectivity index (χ4n) is 1.48. The zero-order chi connectivity index (χ0) is 13.7. The van der Waals surface area contributed by atoms with Crippen LogP contribution < -0.4 is 5.32 Å².